The number of ketones is 3. The first kappa shape index (κ1) is 89.0. The summed E-state index contributed by atoms with van der Waals surface area (Å²) >= 11 is 0. The van der Waals surface area contributed by atoms with E-state index in [1.165, 1.54) is 110 Å². The predicted octanol–water partition coefficient (Wildman–Crippen LogP) is 7.26. The quantitative estimate of drug-likeness (QED) is 0.0307. The number of aromatic amines is 1. The number of phenolic OH excluding ortho intramolecular Hbond substituents is 3. The summed E-state index contributed by atoms with van der Waals surface area (Å²) in [5.41, 5.74) is 0.260. The van der Waals surface area contributed by atoms with Gasteiger partial charge in [-0.3, -0.25) is 52.8 Å². The number of aromatic nitrogens is 3. The summed E-state index contributed by atoms with van der Waals surface area (Å²) in [5.74, 6) is -13.4. The van der Waals surface area contributed by atoms with Crippen LogP contribution in [0.1, 0.15) is 121 Å². The molecule has 119 heavy (non-hydrogen) atoms. The highest BCUT2D eigenvalue weighted by Gasteiger charge is 2.67. The molecule has 6 heterocycles. The summed E-state index contributed by atoms with van der Waals surface area (Å²) in [5, 5.41) is 105. The number of esters is 1. The van der Waals surface area contributed by atoms with Crippen LogP contribution < -0.4 is 40.7 Å². The first-order chi connectivity index (χ1) is 55.9. The van der Waals surface area contributed by atoms with Crippen LogP contribution in [0.3, 0.4) is 0 Å². The van der Waals surface area contributed by atoms with Crippen LogP contribution in [0.5, 0.6) is 40.2 Å². The molecule has 13 rings (SSSR count). The number of halogens is 2. The maximum absolute atomic E-state index is 14.7. The Morgan fingerprint density at radius 1 is 0.857 bits per heavy atom. The zero-order valence-electron chi connectivity index (χ0n) is 68.6. The molecule has 3 aliphatic carbocycles. The third-order valence-electron chi connectivity index (χ3n) is 23.4. The van der Waals surface area contributed by atoms with Crippen molar-refractivity contribution >= 4 is 79.2 Å². The van der Waals surface area contributed by atoms with Gasteiger partial charge in [0.25, 0.3) is 17.6 Å². The Morgan fingerprint density at radius 2 is 1.54 bits per heavy atom. The highest BCUT2D eigenvalue weighted by Crippen LogP contribution is 2.58. The molecule has 2 amide bonds. The molecule has 4 aromatic carbocycles. The van der Waals surface area contributed by atoms with Gasteiger partial charge >= 0.3 is 18.4 Å². The van der Waals surface area contributed by atoms with E-state index >= 15 is 0 Å². The number of nitrogens with one attached hydrogen (secondary N) is 2. The number of anilines is 1. The fourth-order valence-corrected chi connectivity index (χ4v) is 18.1. The van der Waals surface area contributed by atoms with Crippen molar-refractivity contribution in [3.8, 4) is 40.2 Å². The van der Waals surface area contributed by atoms with E-state index in [0.29, 0.717) is 60.1 Å². The van der Waals surface area contributed by atoms with E-state index in [1.807, 2.05) is 0 Å². The van der Waals surface area contributed by atoms with Crippen LogP contribution in [0, 0.1) is 48.3 Å². The number of piperidine rings is 1. The van der Waals surface area contributed by atoms with E-state index in [-0.39, 0.29) is 89.6 Å². The molecule has 6 aromatic rings. The fourth-order valence-electron chi connectivity index (χ4n) is 17.1. The van der Waals surface area contributed by atoms with Crippen LogP contribution in [-0.4, -0.2) is 219 Å². The average molecular weight is 1670 g/mol. The maximum Gasteiger partial charge on any atom is 0.387 e. The standard InChI is InChI=1S/C46H62N4O11.C22H24N2O8.C16H15F2N3O4S/c1-22(2)21-50-18-16-46(17-19-50)48-34-31-32-39(54)28(8)42-33(31)43(56)45(10,61-42)59-20-15-30(58-11)25(5)41(60-29(9)51)27(7)38(53)26(6)37(52)23(3)13-12-14-24(4)44(57)47-36(40(32)55)35(34)49-46;1-21(31)8-5-4-6-11(25)12(8)16(26)13-9(21)7-10-15(24(2)3)17(27)14(20(23)30)19(29)22(10,32)18(13)28;1-23-13-5-6-19-12(14(13)24-2)8-26(22)16-20-10-4-3-9(25-15(17)18)7-11(10)21-16/h12-15,20,22-23,25-27,30,37-38,41,52-55H,16-19,21H2,1-11H3,(H,47,57);4-6,9-10,15,25-26,29,31-32H,7H2,1-3H3,(H2,23,30);3-7,15H,8H2,1-2H3,(H,20,21)/b13-12+,20-15+,24-14-;;/t23-,25+,26+,27+,30-,37-,38+,41+,45-;9-,10-,15-,21+,22-;/m00./s1. The number of Topliss-reactive ketones (excluding diaryl/α,β-unsaturated/α-hetero) is 3. The number of carbonyl (C=O) groups is 6. The number of nitrogens with zero attached hydrogens (tertiary/aromatic N) is 6. The van der Waals surface area contributed by atoms with E-state index in [2.05, 4.69) is 43.8 Å². The second kappa shape index (κ2) is 34.5. The Kier molecular flexibility index (Phi) is 25.8. The lowest BCUT2D eigenvalue weighted by atomic mass is 9.54. The van der Waals surface area contributed by atoms with Gasteiger partial charge in [-0.2, -0.15) is 8.78 Å². The highest BCUT2D eigenvalue weighted by molar-refractivity contribution is 7.84. The number of allylic oxidation sites excluding steroid dienone is 2. The number of alkyl halides is 2. The number of likely N-dealkylation sites (N-methyl/N-ethyl adjacent to an activating group) is 1. The number of hydrogen-bond donors (Lipinski definition) is 12. The summed E-state index contributed by atoms with van der Waals surface area (Å²) < 4.78 is 76.1. The SMILES string of the molecule is CN(C)[C@@H]1C(=O)C(C(N)=O)=C(O)[C@@]2(O)C(=O)C3=C(O)c4c(O)cccc4[C@@](C)(O)[C@H]3C[C@@H]12.CO[C@H]1/C=C/O[C@@]2(C)Oc3c(C)c(O)c4c(O)c(c5c(c4c3C2=O)=NC2(CCN(CC(C)C)CC2)N=5)NC(=O)/C(C)=C\C=C\[C@H](C)[C@H](O)[C@@H](C)[C@@H](O)[C@@H](C)[C@H](OC(C)=O)[C@@H]1C.COc1ccnc(CS(=O)c2nc3ccc(OC(F)F)cc3[nH]2)c1OC. The van der Waals surface area contributed by atoms with Gasteiger partial charge in [0.1, 0.15) is 57.2 Å². The molecule has 2 aromatic heterocycles. The van der Waals surface area contributed by atoms with Crippen LogP contribution in [0.15, 0.2) is 117 Å². The number of amides is 2. The number of pyridine rings is 1. The molecular weight excluding hydrogens is 1570 g/mol. The minimum atomic E-state index is -2.92. The molecule has 15 atom stereocenters. The molecule has 1 spiro atoms. The summed E-state index contributed by atoms with van der Waals surface area (Å²) in [7, 11) is 5.88. The lowest BCUT2D eigenvalue weighted by Gasteiger charge is -2.53. The zero-order valence-corrected chi connectivity index (χ0v) is 69.4. The van der Waals surface area contributed by atoms with Gasteiger partial charge in [-0.05, 0) is 77.0 Å². The summed E-state index contributed by atoms with van der Waals surface area (Å²) in [4.78, 5) is 105. The molecule has 640 valence electrons. The molecule has 2 fully saturated rings. The Morgan fingerprint density at radius 3 is 2.16 bits per heavy atom. The Labute approximate surface area is 685 Å². The number of aliphatic hydroxyl groups is 6. The van der Waals surface area contributed by atoms with Crippen molar-refractivity contribution in [3.05, 3.63) is 140 Å². The lowest BCUT2D eigenvalue weighted by molar-refractivity contribution is -0.161. The van der Waals surface area contributed by atoms with Gasteiger partial charge < -0.3 is 100 Å². The number of H-pyrrole nitrogens is 1. The van der Waals surface area contributed by atoms with Crippen LogP contribution >= 0.6 is 0 Å². The van der Waals surface area contributed by atoms with Crippen LogP contribution in [0.2, 0.25) is 0 Å². The van der Waals surface area contributed by atoms with E-state index in [0.717, 1.165) is 6.54 Å². The Hall–Kier alpha value is -10.8. The van der Waals surface area contributed by atoms with Crippen LogP contribution in [0.4, 0.5) is 14.5 Å². The zero-order chi connectivity index (χ0) is 87.5. The number of nitrogens with two attached hydrogens (primary N) is 1. The normalized spacial score (nSPS) is 28.7. The first-order valence-corrected chi connectivity index (χ1v) is 39.9. The van der Waals surface area contributed by atoms with E-state index in [9.17, 15) is 87.7 Å². The minimum absolute atomic E-state index is 0.00962. The number of imidazole rings is 1. The average Bonchev–Trinajstić information content (AvgIpc) is 0.820. The minimum Gasteiger partial charge on any atom is -0.508 e. The van der Waals surface area contributed by atoms with Gasteiger partial charge in [0.2, 0.25) is 5.78 Å². The number of rotatable bonds is 13. The predicted molar refractivity (Wildman–Crippen MR) is 428 cm³/mol. The molecule has 1 unspecified atom stereocenters. The second-order valence-electron chi connectivity index (χ2n) is 32.0. The third-order valence-corrected chi connectivity index (χ3v) is 24.6. The van der Waals surface area contributed by atoms with Crippen molar-refractivity contribution in [1.82, 2.24) is 24.8 Å². The molecule has 13 N–H and O–H groups in total. The summed E-state index contributed by atoms with van der Waals surface area (Å²) in [6.07, 6.45) is 6.36. The highest BCUT2D eigenvalue weighted by atomic mass is 32.2. The number of carbonyl (C=O) groups excluding carboxylic acids is 6. The van der Waals surface area contributed by atoms with Crippen LogP contribution in [-0.2, 0) is 60.3 Å². The largest absolute Gasteiger partial charge is 0.508 e. The van der Waals surface area contributed by atoms with Crippen molar-refractivity contribution < 1.29 is 121 Å². The summed E-state index contributed by atoms with van der Waals surface area (Å²) in [6, 6.07) is 8.90. The maximum atomic E-state index is 14.7. The number of aromatic hydroxyl groups is 3. The van der Waals surface area contributed by atoms with Crippen LogP contribution in [0.25, 0.3) is 27.6 Å². The number of fused-ring (bicyclic) bond motifs is 5. The van der Waals surface area contributed by atoms with E-state index < -0.39 is 175 Å². The van der Waals surface area contributed by atoms with Gasteiger partial charge in [-0.1, -0.05) is 71.9 Å². The van der Waals surface area contributed by atoms with Crippen molar-refractivity contribution in [2.24, 2.45) is 57.1 Å². The van der Waals surface area contributed by atoms with Gasteiger partial charge in [-0.15, -0.1) is 0 Å². The number of methoxy groups -OCH3 is 3. The first-order valence-electron chi connectivity index (χ1n) is 38.6. The number of hydrogen-bond acceptors (Lipinski definition) is 29. The molecule has 7 aliphatic rings. The number of ether oxygens (including phenoxy) is 7. The molecule has 1 saturated heterocycles. The Bertz CT molecular complexity index is 5380. The van der Waals surface area contributed by atoms with Crippen molar-refractivity contribution in [3.63, 3.8) is 0 Å². The van der Waals surface area contributed by atoms with E-state index in [1.54, 1.807) is 71.9 Å². The van der Waals surface area contributed by atoms with Gasteiger partial charge in [0, 0.05) is 129 Å². The van der Waals surface area contributed by atoms with E-state index in [4.69, 9.17) is 44.1 Å². The molecule has 0 radical (unpaired) electrons. The topological polar surface area (TPSA) is 477 Å². The summed E-state index contributed by atoms with van der Waals surface area (Å²) in [6.45, 7) is 18.0. The fraction of sp³-hybridized carbons (Fsp3) is 0.476. The molecule has 4 aliphatic heterocycles. The monoisotopic (exact) mass is 1670 g/mol. The number of likely N-dealkylation sites (tertiary alicyclic amines) is 1. The van der Waals surface area contributed by atoms with Crippen molar-refractivity contribution in [2.75, 3.05) is 60.4 Å². The Balaban J connectivity index is 0.000000198. The van der Waals surface area contributed by atoms with Crippen molar-refractivity contribution in [1.29, 1.82) is 0 Å². The molecule has 1 saturated carbocycles. The van der Waals surface area contributed by atoms with Crippen molar-refractivity contribution in [2.45, 2.75) is 166 Å². The number of phenols is 3. The molecular formula is C84H101F2N9O23S. The van der Waals surface area contributed by atoms with Gasteiger partial charge in [0.05, 0.1) is 106 Å². The third kappa shape index (κ3) is 16.5. The molecule has 4 bridgehead atoms. The van der Waals surface area contributed by atoms with Gasteiger partial charge in [0.15, 0.2) is 39.5 Å². The second-order valence-corrected chi connectivity index (χ2v) is 33.4. The van der Waals surface area contributed by atoms with Gasteiger partial charge in [-0.25, -0.2) is 4.98 Å². The number of aliphatic hydroxyl groups excluding tert-OH is 4. The number of benzene rings is 4. The molecule has 35 heteroatoms. The smallest absolute Gasteiger partial charge is 0.387 e. The molecule has 32 nitrogen and oxygen atoms in total. The lowest BCUT2D eigenvalue weighted by Crippen LogP contribution is -2.67. The number of primary amides is 1.